The van der Waals surface area contributed by atoms with Crippen molar-refractivity contribution in [2.75, 3.05) is 30.4 Å². The minimum Gasteiger partial charge on any atom is -0.357 e. The molecule has 0 saturated heterocycles. The lowest BCUT2D eigenvalue weighted by Crippen LogP contribution is -2.25. The lowest BCUT2D eigenvalue weighted by Gasteiger charge is -2.19. The van der Waals surface area contributed by atoms with Crippen LogP contribution in [0.4, 0.5) is 11.9 Å². The number of hydrogen-bond acceptors (Lipinski definition) is 6. The van der Waals surface area contributed by atoms with Gasteiger partial charge in [0.2, 0.25) is 11.9 Å². The third-order valence-electron chi connectivity index (χ3n) is 3.18. The van der Waals surface area contributed by atoms with Gasteiger partial charge in [-0.2, -0.15) is 15.0 Å². The smallest absolute Gasteiger partial charge is 0.230 e. The van der Waals surface area contributed by atoms with Crippen LogP contribution in [0.25, 0.3) is 0 Å². The Bertz CT molecular complexity index is 560. The van der Waals surface area contributed by atoms with E-state index in [0.717, 1.165) is 24.7 Å². The standard InChI is InChI=1S/C13H21N7/c1-5-20(6-2)13-17-10(16-12(14-3)18-13)9-11-15-7-8-19(11)4/h7-8H,5-6,9H2,1-4H3,(H,14,16,17,18). The summed E-state index contributed by atoms with van der Waals surface area (Å²) in [5, 5.41) is 2.99. The minimum absolute atomic E-state index is 0.589. The third-order valence-corrected chi connectivity index (χ3v) is 3.18. The monoisotopic (exact) mass is 275 g/mol. The Morgan fingerprint density at radius 3 is 2.50 bits per heavy atom. The van der Waals surface area contributed by atoms with Crippen molar-refractivity contribution in [2.24, 2.45) is 7.05 Å². The second-order valence-electron chi connectivity index (χ2n) is 4.43. The first-order valence-corrected chi connectivity index (χ1v) is 6.81. The Balaban J connectivity index is 2.32. The van der Waals surface area contributed by atoms with E-state index in [4.69, 9.17) is 0 Å². The summed E-state index contributed by atoms with van der Waals surface area (Å²) >= 11 is 0. The van der Waals surface area contributed by atoms with Gasteiger partial charge in [0, 0.05) is 39.6 Å². The van der Waals surface area contributed by atoms with E-state index in [1.807, 2.05) is 24.9 Å². The highest BCUT2D eigenvalue weighted by Crippen LogP contribution is 2.12. The molecule has 1 N–H and O–H groups in total. The summed E-state index contributed by atoms with van der Waals surface area (Å²) in [6.45, 7) is 5.91. The number of nitrogens with one attached hydrogen (secondary N) is 1. The fraction of sp³-hybridized carbons (Fsp3) is 0.538. The van der Waals surface area contributed by atoms with Crippen LogP contribution in [0, 0.1) is 0 Å². The number of rotatable bonds is 6. The van der Waals surface area contributed by atoms with Crippen LogP contribution in [0.3, 0.4) is 0 Å². The van der Waals surface area contributed by atoms with Gasteiger partial charge in [-0.1, -0.05) is 0 Å². The molecule has 0 bridgehead atoms. The van der Waals surface area contributed by atoms with E-state index in [1.54, 1.807) is 6.20 Å². The molecular weight excluding hydrogens is 254 g/mol. The van der Waals surface area contributed by atoms with Crippen LogP contribution in [0.2, 0.25) is 0 Å². The molecule has 0 aliphatic rings. The van der Waals surface area contributed by atoms with Crippen LogP contribution in [0.1, 0.15) is 25.5 Å². The number of hydrogen-bond donors (Lipinski definition) is 1. The van der Waals surface area contributed by atoms with Crippen molar-refractivity contribution in [1.82, 2.24) is 24.5 Å². The molecule has 2 rings (SSSR count). The molecule has 0 amide bonds. The topological polar surface area (TPSA) is 71.8 Å². The van der Waals surface area contributed by atoms with Crippen molar-refractivity contribution in [1.29, 1.82) is 0 Å². The lowest BCUT2D eigenvalue weighted by molar-refractivity contribution is 0.765. The second kappa shape index (κ2) is 6.31. The molecule has 0 saturated carbocycles. The molecular formula is C13H21N7. The van der Waals surface area contributed by atoms with Gasteiger partial charge in [0.25, 0.3) is 0 Å². The van der Waals surface area contributed by atoms with Crippen LogP contribution in [0.15, 0.2) is 12.4 Å². The molecule has 2 aromatic heterocycles. The summed E-state index contributed by atoms with van der Waals surface area (Å²) in [7, 11) is 3.78. The summed E-state index contributed by atoms with van der Waals surface area (Å²) in [6.07, 6.45) is 4.29. The lowest BCUT2D eigenvalue weighted by atomic mass is 10.4. The molecule has 0 aromatic carbocycles. The maximum Gasteiger partial charge on any atom is 0.230 e. The zero-order valence-corrected chi connectivity index (χ0v) is 12.5. The van der Waals surface area contributed by atoms with Crippen molar-refractivity contribution >= 4 is 11.9 Å². The van der Waals surface area contributed by atoms with Crippen LogP contribution >= 0.6 is 0 Å². The number of aryl methyl sites for hydroxylation is 1. The van der Waals surface area contributed by atoms with E-state index >= 15 is 0 Å². The highest BCUT2D eigenvalue weighted by Gasteiger charge is 2.12. The molecule has 0 unspecified atom stereocenters. The Labute approximate surface area is 119 Å². The Kier molecular flexibility index (Phi) is 4.49. The van der Waals surface area contributed by atoms with Gasteiger partial charge in [-0.3, -0.25) is 0 Å². The van der Waals surface area contributed by atoms with E-state index in [9.17, 15) is 0 Å². The zero-order chi connectivity index (χ0) is 14.5. The van der Waals surface area contributed by atoms with Crippen LogP contribution in [0.5, 0.6) is 0 Å². The first kappa shape index (κ1) is 14.2. The van der Waals surface area contributed by atoms with Gasteiger partial charge in [-0.05, 0) is 13.8 Å². The number of imidazole rings is 1. The maximum absolute atomic E-state index is 4.55. The van der Waals surface area contributed by atoms with Gasteiger partial charge in [0.15, 0.2) is 0 Å². The minimum atomic E-state index is 0.589. The Hall–Kier alpha value is -2.18. The fourth-order valence-electron chi connectivity index (χ4n) is 1.95. The predicted molar refractivity (Wildman–Crippen MR) is 78.9 cm³/mol. The number of aromatic nitrogens is 5. The molecule has 2 heterocycles. The average molecular weight is 275 g/mol. The Morgan fingerprint density at radius 2 is 1.95 bits per heavy atom. The molecule has 0 aliphatic heterocycles. The van der Waals surface area contributed by atoms with E-state index in [0.29, 0.717) is 18.3 Å². The van der Waals surface area contributed by atoms with Crippen molar-refractivity contribution < 1.29 is 0 Å². The molecule has 0 atom stereocenters. The van der Waals surface area contributed by atoms with Crippen molar-refractivity contribution in [3.63, 3.8) is 0 Å². The van der Waals surface area contributed by atoms with E-state index < -0.39 is 0 Å². The van der Waals surface area contributed by atoms with E-state index in [1.165, 1.54) is 0 Å². The Morgan fingerprint density at radius 1 is 1.20 bits per heavy atom. The highest BCUT2D eigenvalue weighted by atomic mass is 15.3. The molecule has 20 heavy (non-hydrogen) atoms. The number of anilines is 2. The molecule has 108 valence electrons. The molecule has 0 fully saturated rings. The van der Waals surface area contributed by atoms with Crippen molar-refractivity contribution in [3.8, 4) is 0 Å². The molecule has 0 spiro atoms. The second-order valence-corrected chi connectivity index (χ2v) is 4.43. The average Bonchev–Trinajstić information content (AvgIpc) is 2.85. The third kappa shape index (κ3) is 3.04. The SMILES string of the molecule is CCN(CC)c1nc(Cc2nccn2C)nc(NC)n1. The fourth-order valence-corrected chi connectivity index (χ4v) is 1.95. The highest BCUT2D eigenvalue weighted by molar-refractivity contribution is 5.36. The van der Waals surface area contributed by atoms with Crippen molar-refractivity contribution in [2.45, 2.75) is 20.3 Å². The first-order chi connectivity index (χ1) is 9.67. The van der Waals surface area contributed by atoms with Crippen LogP contribution in [-0.4, -0.2) is 44.6 Å². The predicted octanol–water partition coefficient (Wildman–Crippen LogP) is 1.08. The molecule has 7 heteroatoms. The van der Waals surface area contributed by atoms with Gasteiger partial charge in [-0.25, -0.2) is 4.98 Å². The van der Waals surface area contributed by atoms with Crippen LogP contribution in [-0.2, 0) is 13.5 Å². The molecule has 0 aliphatic carbocycles. The largest absolute Gasteiger partial charge is 0.357 e. The molecule has 7 nitrogen and oxygen atoms in total. The van der Waals surface area contributed by atoms with Gasteiger partial charge in [-0.15, -0.1) is 0 Å². The normalized spacial score (nSPS) is 10.6. The maximum atomic E-state index is 4.55. The van der Waals surface area contributed by atoms with E-state index in [2.05, 4.69) is 44.0 Å². The van der Waals surface area contributed by atoms with E-state index in [-0.39, 0.29) is 0 Å². The van der Waals surface area contributed by atoms with Gasteiger partial charge >= 0.3 is 0 Å². The summed E-state index contributed by atoms with van der Waals surface area (Å²) in [5.74, 6) is 2.95. The quantitative estimate of drug-likeness (QED) is 0.850. The zero-order valence-electron chi connectivity index (χ0n) is 12.5. The van der Waals surface area contributed by atoms with Crippen molar-refractivity contribution in [3.05, 3.63) is 24.0 Å². The van der Waals surface area contributed by atoms with Crippen LogP contribution < -0.4 is 10.2 Å². The van der Waals surface area contributed by atoms with Gasteiger partial charge < -0.3 is 14.8 Å². The molecule has 0 radical (unpaired) electrons. The van der Waals surface area contributed by atoms with Gasteiger partial charge in [0.05, 0.1) is 6.42 Å². The number of nitrogens with zero attached hydrogens (tertiary/aromatic N) is 6. The summed E-state index contributed by atoms with van der Waals surface area (Å²) in [6, 6.07) is 0. The summed E-state index contributed by atoms with van der Waals surface area (Å²) in [5.41, 5.74) is 0. The summed E-state index contributed by atoms with van der Waals surface area (Å²) < 4.78 is 1.97. The van der Waals surface area contributed by atoms with Gasteiger partial charge in [0.1, 0.15) is 11.6 Å². The summed E-state index contributed by atoms with van der Waals surface area (Å²) in [4.78, 5) is 19.8. The first-order valence-electron chi connectivity index (χ1n) is 6.81. The molecule has 2 aromatic rings.